The van der Waals surface area contributed by atoms with Gasteiger partial charge in [-0.1, -0.05) is 12.1 Å². The Morgan fingerprint density at radius 1 is 1.43 bits per heavy atom. The molecule has 0 bridgehead atoms. The SMILES string of the molecule is COCCCN1C(=O)c2c(cccc2C(F)(F)F)C1C#N. The first-order valence-electron chi connectivity index (χ1n) is 6.31. The van der Waals surface area contributed by atoms with Crippen LogP contribution in [-0.4, -0.2) is 31.1 Å². The van der Waals surface area contributed by atoms with E-state index in [0.717, 1.165) is 6.07 Å². The molecule has 2 rings (SSSR count). The average Bonchev–Trinajstić information content (AvgIpc) is 2.71. The molecule has 0 aromatic heterocycles. The zero-order chi connectivity index (χ0) is 15.6. The van der Waals surface area contributed by atoms with Crippen LogP contribution in [0.15, 0.2) is 18.2 Å². The first-order chi connectivity index (χ1) is 9.91. The van der Waals surface area contributed by atoms with E-state index < -0.39 is 29.3 Å². The second-order valence-corrected chi connectivity index (χ2v) is 4.64. The van der Waals surface area contributed by atoms with Gasteiger partial charge in [0, 0.05) is 25.8 Å². The van der Waals surface area contributed by atoms with Crippen LogP contribution < -0.4 is 0 Å². The Hall–Kier alpha value is -2.07. The van der Waals surface area contributed by atoms with E-state index >= 15 is 0 Å². The molecule has 0 spiro atoms. The Balaban J connectivity index is 2.42. The van der Waals surface area contributed by atoms with Crippen molar-refractivity contribution in [1.82, 2.24) is 4.90 Å². The smallest absolute Gasteiger partial charge is 0.385 e. The van der Waals surface area contributed by atoms with E-state index in [-0.39, 0.29) is 12.1 Å². The minimum atomic E-state index is -4.62. The zero-order valence-electron chi connectivity index (χ0n) is 11.3. The number of fused-ring (bicyclic) bond motifs is 1. The third-order valence-electron chi connectivity index (χ3n) is 3.35. The normalized spacial score (nSPS) is 17.8. The van der Waals surface area contributed by atoms with Crippen LogP contribution in [0.3, 0.4) is 0 Å². The molecule has 0 aliphatic carbocycles. The highest BCUT2D eigenvalue weighted by atomic mass is 19.4. The van der Waals surface area contributed by atoms with Crippen molar-refractivity contribution in [3.05, 3.63) is 34.9 Å². The summed E-state index contributed by atoms with van der Waals surface area (Å²) in [4.78, 5) is 13.4. The van der Waals surface area contributed by atoms with E-state index in [1.807, 2.05) is 6.07 Å². The largest absolute Gasteiger partial charge is 0.417 e. The number of ether oxygens (including phenoxy) is 1. The molecule has 7 heteroatoms. The molecule has 1 unspecified atom stereocenters. The van der Waals surface area contributed by atoms with E-state index in [2.05, 4.69) is 0 Å². The first kappa shape index (κ1) is 15.3. The number of methoxy groups -OCH3 is 1. The molecule has 0 saturated heterocycles. The Kier molecular flexibility index (Phi) is 4.19. The molecule has 21 heavy (non-hydrogen) atoms. The fraction of sp³-hybridized carbons (Fsp3) is 0.429. The predicted octanol–water partition coefficient (Wildman–Crippen LogP) is 2.76. The van der Waals surface area contributed by atoms with Crippen molar-refractivity contribution in [2.45, 2.75) is 18.6 Å². The van der Waals surface area contributed by atoms with E-state index in [4.69, 9.17) is 4.74 Å². The summed E-state index contributed by atoms with van der Waals surface area (Å²) in [7, 11) is 1.49. The number of nitriles is 1. The van der Waals surface area contributed by atoms with Gasteiger partial charge in [0.2, 0.25) is 0 Å². The molecule has 1 aliphatic heterocycles. The van der Waals surface area contributed by atoms with Crippen LogP contribution in [0.2, 0.25) is 0 Å². The molecule has 0 fully saturated rings. The highest BCUT2D eigenvalue weighted by Crippen LogP contribution is 2.41. The first-order valence-corrected chi connectivity index (χ1v) is 6.31. The highest BCUT2D eigenvalue weighted by Gasteiger charge is 2.44. The molecule has 1 aromatic carbocycles. The minimum absolute atomic E-state index is 0.120. The number of benzene rings is 1. The summed E-state index contributed by atoms with van der Waals surface area (Å²) in [5, 5.41) is 9.19. The van der Waals surface area contributed by atoms with Gasteiger partial charge >= 0.3 is 6.18 Å². The average molecular weight is 298 g/mol. The van der Waals surface area contributed by atoms with Gasteiger partial charge in [0.1, 0.15) is 6.04 Å². The lowest BCUT2D eigenvalue weighted by molar-refractivity contribution is -0.137. The van der Waals surface area contributed by atoms with Gasteiger partial charge in [0.05, 0.1) is 17.2 Å². The summed E-state index contributed by atoms with van der Waals surface area (Å²) in [5.41, 5.74) is -1.27. The van der Waals surface area contributed by atoms with Crippen molar-refractivity contribution in [2.75, 3.05) is 20.3 Å². The van der Waals surface area contributed by atoms with Gasteiger partial charge in [0.15, 0.2) is 0 Å². The fourth-order valence-electron chi connectivity index (χ4n) is 2.45. The second-order valence-electron chi connectivity index (χ2n) is 4.64. The molecule has 0 N–H and O–H groups in total. The summed E-state index contributed by atoms with van der Waals surface area (Å²) in [5.74, 6) is -0.749. The number of alkyl halides is 3. The van der Waals surface area contributed by atoms with Crippen LogP contribution in [-0.2, 0) is 10.9 Å². The number of rotatable bonds is 4. The van der Waals surface area contributed by atoms with E-state index in [9.17, 15) is 23.2 Å². The van der Waals surface area contributed by atoms with E-state index in [1.165, 1.54) is 24.1 Å². The van der Waals surface area contributed by atoms with Gasteiger partial charge in [-0.25, -0.2) is 0 Å². The van der Waals surface area contributed by atoms with Gasteiger partial charge in [-0.3, -0.25) is 4.79 Å². The molecule has 1 aliphatic rings. The lowest BCUT2D eigenvalue weighted by atomic mass is 10.00. The molecule has 0 saturated carbocycles. The zero-order valence-corrected chi connectivity index (χ0v) is 11.3. The number of hydrogen-bond donors (Lipinski definition) is 0. The van der Waals surface area contributed by atoms with Crippen molar-refractivity contribution in [3.8, 4) is 6.07 Å². The number of carbonyl (C=O) groups is 1. The number of hydrogen-bond acceptors (Lipinski definition) is 3. The Bertz CT molecular complexity index is 593. The number of halogens is 3. The fourth-order valence-corrected chi connectivity index (χ4v) is 2.45. The summed E-state index contributed by atoms with van der Waals surface area (Å²) in [6.45, 7) is 0.543. The second kappa shape index (κ2) is 5.74. The molecule has 1 amide bonds. The molecular formula is C14H13F3N2O2. The van der Waals surface area contributed by atoms with Crippen LogP contribution in [0.5, 0.6) is 0 Å². The number of nitrogens with zero attached hydrogens (tertiary/aromatic N) is 2. The van der Waals surface area contributed by atoms with Crippen LogP contribution in [0.4, 0.5) is 13.2 Å². The van der Waals surface area contributed by atoms with Gasteiger partial charge in [-0.05, 0) is 12.5 Å². The summed E-state index contributed by atoms with van der Waals surface area (Å²) in [6.07, 6.45) is -4.17. The molecule has 0 radical (unpaired) electrons. The maximum atomic E-state index is 13.0. The Morgan fingerprint density at radius 3 is 2.71 bits per heavy atom. The quantitative estimate of drug-likeness (QED) is 0.803. The molecule has 4 nitrogen and oxygen atoms in total. The van der Waals surface area contributed by atoms with Gasteiger partial charge in [0.25, 0.3) is 5.91 Å². The van der Waals surface area contributed by atoms with Gasteiger partial charge in [-0.2, -0.15) is 18.4 Å². The maximum absolute atomic E-state index is 13.0. The van der Waals surface area contributed by atoms with Crippen LogP contribution in [0.1, 0.15) is 33.9 Å². The Morgan fingerprint density at radius 2 is 2.14 bits per heavy atom. The molecule has 1 heterocycles. The van der Waals surface area contributed by atoms with Gasteiger partial charge < -0.3 is 9.64 Å². The standard InChI is InChI=1S/C14H13F3N2O2/c1-21-7-3-6-19-11(8-18)9-4-2-5-10(14(15,16)17)12(9)13(19)20/h2,4-5,11H,3,6-7H2,1H3. The van der Waals surface area contributed by atoms with Crippen molar-refractivity contribution >= 4 is 5.91 Å². The molecule has 112 valence electrons. The topological polar surface area (TPSA) is 53.3 Å². The molecule has 1 aromatic rings. The minimum Gasteiger partial charge on any atom is -0.385 e. The van der Waals surface area contributed by atoms with Crippen molar-refractivity contribution in [2.24, 2.45) is 0 Å². The lowest BCUT2D eigenvalue weighted by Gasteiger charge is -2.19. The van der Waals surface area contributed by atoms with Crippen LogP contribution >= 0.6 is 0 Å². The third kappa shape index (κ3) is 2.72. The predicted molar refractivity (Wildman–Crippen MR) is 67.3 cm³/mol. The lowest BCUT2D eigenvalue weighted by Crippen LogP contribution is -2.29. The summed E-state index contributed by atoms with van der Waals surface area (Å²) in [6, 6.07) is 4.40. The number of amides is 1. The monoisotopic (exact) mass is 298 g/mol. The van der Waals surface area contributed by atoms with Crippen LogP contribution in [0, 0.1) is 11.3 Å². The van der Waals surface area contributed by atoms with Gasteiger partial charge in [-0.15, -0.1) is 0 Å². The number of carbonyl (C=O) groups excluding carboxylic acids is 1. The van der Waals surface area contributed by atoms with Crippen molar-refractivity contribution < 1.29 is 22.7 Å². The van der Waals surface area contributed by atoms with Crippen molar-refractivity contribution in [3.63, 3.8) is 0 Å². The summed E-state index contributed by atoms with van der Waals surface area (Å²) < 4.78 is 43.9. The molecular weight excluding hydrogens is 285 g/mol. The van der Waals surface area contributed by atoms with E-state index in [0.29, 0.717) is 13.0 Å². The van der Waals surface area contributed by atoms with Crippen molar-refractivity contribution in [1.29, 1.82) is 5.26 Å². The Labute approximate surface area is 119 Å². The summed E-state index contributed by atoms with van der Waals surface area (Å²) >= 11 is 0. The highest BCUT2D eigenvalue weighted by molar-refractivity contribution is 6.01. The molecule has 1 atom stereocenters. The third-order valence-corrected chi connectivity index (χ3v) is 3.35. The van der Waals surface area contributed by atoms with Crippen LogP contribution in [0.25, 0.3) is 0 Å². The van der Waals surface area contributed by atoms with E-state index in [1.54, 1.807) is 0 Å². The maximum Gasteiger partial charge on any atom is 0.417 e.